The minimum atomic E-state index is 0.474. The zero-order chi connectivity index (χ0) is 12.6. The number of hydrogen-bond acceptors (Lipinski definition) is 5. The molecule has 0 radical (unpaired) electrons. The SMILES string of the molecule is N#CCNC1CCCN(CCN2CCOCC2)C1. The van der Waals surface area contributed by atoms with Gasteiger partial charge in [-0.1, -0.05) is 0 Å². The largest absolute Gasteiger partial charge is 0.379 e. The fourth-order valence-corrected chi connectivity index (χ4v) is 2.72. The molecule has 1 atom stereocenters. The van der Waals surface area contributed by atoms with Crippen LogP contribution in [-0.2, 0) is 4.74 Å². The second kappa shape index (κ2) is 7.70. The number of rotatable bonds is 5. The Labute approximate surface area is 110 Å². The number of nitrogens with one attached hydrogen (secondary N) is 1. The van der Waals surface area contributed by atoms with Gasteiger partial charge in [-0.2, -0.15) is 5.26 Å². The third-order valence-electron chi connectivity index (χ3n) is 3.81. The van der Waals surface area contributed by atoms with Crippen LogP contribution in [-0.4, -0.2) is 74.9 Å². The summed E-state index contributed by atoms with van der Waals surface area (Å²) in [6, 6.07) is 2.66. The number of nitriles is 1. The molecular formula is C13H24N4O. The molecule has 0 aromatic heterocycles. The number of nitrogens with zero attached hydrogens (tertiary/aromatic N) is 3. The summed E-state index contributed by atoms with van der Waals surface area (Å²) < 4.78 is 5.36. The van der Waals surface area contributed by atoms with E-state index >= 15 is 0 Å². The smallest absolute Gasteiger partial charge is 0.0843 e. The summed E-state index contributed by atoms with van der Waals surface area (Å²) in [7, 11) is 0. The Morgan fingerprint density at radius 2 is 1.94 bits per heavy atom. The van der Waals surface area contributed by atoms with Crippen LogP contribution in [0.4, 0.5) is 0 Å². The van der Waals surface area contributed by atoms with Gasteiger partial charge in [0.1, 0.15) is 0 Å². The van der Waals surface area contributed by atoms with Gasteiger partial charge in [-0.15, -0.1) is 0 Å². The van der Waals surface area contributed by atoms with Gasteiger partial charge in [0, 0.05) is 38.8 Å². The van der Waals surface area contributed by atoms with E-state index in [-0.39, 0.29) is 0 Å². The highest BCUT2D eigenvalue weighted by Gasteiger charge is 2.20. The standard InChI is InChI=1S/C13H24N4O/c14-3-4-15-13-2-1-5-17(12-13)7-6-16-8-10-18-11-9-16/h13,15H,1-2,4-12H2. The molecular weight excluding hydrogens is 228 g/mol. The Hall–Kier alpha value is -0.670. The van der Waals surface area contributed by atoms with Gasteiger partial charge in [0.05, 0.1) is 25.8 Å². The predicted octanol–water partition coefficient (Wildman–Crippen LogP) is -0.104. The average Bonchev–Trinajstić information content (AvgIpc) is 2.44. The van der Waals surface area contributed by atoms with Crippen molar-refractivity contribution in [2.45, 2.75) is 18.9 Å². The molecule has 0 saturated carbocycles. The predicted molar refractivity (Wildman–Crippen MR) is 70.3 cm³/mol. The maximum atomic E-state index is 8.59. The van der Waals surface area contributed by atoms with Crippen LogP contribution in [0, 0.1) is 11.3 Å². The van der Waals surface area contributed by atoms with Gasteiger partial charge in [-0.25, -0.2) is 0 Å². The average molecular weight is 252 g/mol. The molecule has 0 bridgehead atoms. The topological polar surface area (TPSA) is 51.5 Å². The molecule has 2 fully saturated rings. The van der Waals surface area contributed by atoms with Gasteiger partial charge in [-0.05, 0) is 19.4 Å². The number of ether oxygens (including phenoxy) is 1. The number of hydrogen-bond donors (Lipinski definition) is 1. The zero-order valence-corrected chi connectivity index (χ0v) is 11.1. The highest BCUT2D eigenvalue weighted by Crippen LogP contribution is 2.10. The summed E-state index contributed by atoms with van der Waals surface area (Å²) in [6.07, 6.45) is 2.45. The summed E-state index contributed by atoms with van der Waals surface area (Å²) in [4.78, 5) is 5.00. The van der Waals surface area contributed by atoms with Crippen molar-refractivity contribution in [3.8, 4) is 6.07 Å². The third-order valence-corrected chi connectivity index (χ3v) is 3.81. The van der Waals surface area contributed by atoms with Crippen LogP contribution < -0.4 is 5.32 Å². The molecule has 5 heteroatoms. The van der Waals surface area contributed by atoms with Crippen LogP contribution in [0.5, 0.6) is 0 Å². The van der Waals surface area contributed by atoms with Crippen molar-refractivity contribution in [2.24, 2.45) is 0 Å². The summed E-state index contributed by atoms with van der Waals surface area (Å²) in [5.41, 5.74) is 0. The second-order valence-electron chi connectivity index (χ2n) is 5.13. The van der Waals surface area contributed by atoms with Crippen LogP contribution in [0.2, 0.25) is 0 Å². The molecule has 2 aliphatic heterocycles. The molecule has 2 saturated heterocycles. The van der Waals surface area contributed by atoms with E-state index in [1.165, 1.54) is 19.4 Å². The van der Waals surface area contributed by atoms with Crippen LogP contribution in [0.25, 0.3) is 0 Å². The molecule has 0 aliphatic carbocycles. The Bertz CT molecular complexity index is 273. The first-order valence-corrected chi connectivity index (χ1v) is 7.01. The molecule has 0 aromatic rings. The first-order valence-electron chi connectivity index (χ1n) is 7.01. The maximum absolute atomic E-state index is 8.59. The molecule has 0 aromatic carbocycles. The molecule has 1 N–H and O–H groups in total. The Morgan fingerprint density at radius 1 is 1.17 bits per heavy atom. The molecule has 2 heterocycles. The highest BCUT2D eigenvalue weighted by atomic mass is 16.5. The molecule has 0 spiro atoms. The van der Waals surface area contributed by atoms with E-state index in [1.54, 1.807) is 0 Å². The van der Waals surface area contributed by atoms with Crippen molar-refractivity contribution in [3.05, 3.63) is 0 Å². The van der Waals surface area contributed by atoms with Gasteiger partial charge in [0.25, 0.3) is 0 Å². The monoisotopic (exact) mass is 252 g/mol. The Morgan fingerprint density at radius 3 is 2.72 bits per heavy atom. The highest BCUT2D eigenvalue weighted by molar-refractivity contribution is 4.83. The fraction of sp³-hybridized carbons (Fsp3) is 0.923. The molecule has 102 valence electrons. The van der Waals surface area contributed by atoms with Crippen LogP contribution >= 0.6 is 0 Å². The normalized spacial score (nSPS) is 26.9. The molecule has 18 heavy (non-hydrogen) atoms. The second-order valence-corrected chi connectivity index (χ2v) is 5.13. The summed E-state index contributed by atoms with van der Waals surface area (Å²) in [6.45, 7) is 8.97. The lowest BCUT2D eigenvalue weighted by Gasteiger charge is -2.35. The van der Waals surface area contributed by atoms with Gasteiger partial charge < -0.3 is 15.0 Å². The van der Waals surface area contributed by atoms with Gasteiger partial charge in [0.2, 0.25) is 0 Å². The van der Waals surface area contributed by atoms with Crippen LogP contribution in [0.15, 0.2) is 0 Å². The quantitative estimate of drug-likeness (QED) is 0.692. The zero-order valence-electron chi connectivity index (χ0n) is 11.1. The number of piperidine rings is 1. The lowest BCUT2D eigenvalue weighted by Crippen LogP contribution is -2.48. The van der Waals surface area contributed by atoms with Crippen molar-refractivity contribution in [3.63, 3.8) is 0 Å². The van der Waals surface area contributed by atoms with Crippen molar-refractivity contribution in [1.82, 2.24) is 15.1 Å². The van der Waals surface area contributed by atoms with Crippen molar-refractivity contribution in [1.29, 1.82) is 5.26 Å². The van der Waals surface area contributed by atoms with Crippen molar-refractivity contribution in [2.75, 3.05) is 59.0 Å². The minimum absolute atomic E-state index is 0.474. The Kier molecular flexibility index (Phi) is 5.88. The van der Waals surface area contributed by atoms with E-state index in [9.17, 15) is 0 Å². The maximum Gasteiger partial charge on any atom is 0.0843 e. The lowest BCUT2D eigenvalue weighted by atomic mass is 10.1. The lowest BCUT2D eigenvalue weighted by molar-refractivity contribution is 0.0316. The van der Waals surface area contributed by atoms with E-state index in [0.717, 1.165) is 45.9 Å². The van der Waals surface area contributed by atoms with E-state index in [4.69, 9.17) is 10.00 Å². The summed E-state index contributed by atoms with van der Waals surface area (Å²) in [5.74, 6) is 0. The molecule has 1 unspecified atom stereocenters. The van der Waals surface area contributed by atoms with E-state index < -0.39 is 0 Å². The summed E-state index contributed by atoms with van der Waals surface area (Å²) in [5, 5.41) is 11.9. The van der Waals surface area contributed by atoms with E-state index in [2.05, 4.69) is 21.2 Å². The number of likely N-dealkylation sites (tertiary alicyclic amines) is 1. The van der Waals surface area contributed by atoms with E-state index in [0.29, 0.717) is 12.6 Å². The first-order chi connectivity index (χ1) is 8.88. The van der Waals surface area contributed by atoms with Crippen molar-refractivity contribution >= 4 is 0 Å². The summed E-state index contributed by atoms with van der Waals surface area (Å²) >= 11 is 0. The van der Waals surface area contributed by atoms with E-state index in [1.807, 2.05) is 0 Å². The fourth-order valence-electron chi connectivity index (χ4n) is 2.72. The Balaban J connectivity index is 1.64. The van der Waals surface area contributed by atoms with Gasteiger partial charge >= 0.3 is 0 Å². The van der Waals surface area contributed by atoms with Gasteiger partial charge in [0.15, 0.2) is 0 Å². The minimum Gasteiger partial charge on any atom is -0.379 e. The van der Waals surface area contributed by atoms with Crippen LogP contribution in [0.1, 0.15) is 12.8 Å². The van der Waals surface area contributed by atoms with Gasteiger partial charge in [-0.3, -0.25) is 4.90 Å². The molecule has 5 nitrogen and oxygen atoms in total. The number of morpholine rings is 1. The van der Waals surface area contributed by atoms with Crippen LogP contribution in [0.3, 0.4) is 0 Å². The third kappa shape index (κ3) is 4.54. The first kappa shape index (κ1) is 13.8. The molecule has 2 aliphatic rings. The molecule has 0 amide bonds. The van der Waals surface area contributed by atoms with Crippen molar-refractivity contribution < 1.29 is 4.74 Å². The molecule has 2 rings (SSSR count).